The van der Waals surface area contributed by atoms with Gasteiger partial charge in [-0.2, -0.15) is 0 Å². The molecular weight excluding hydrogens is 400 g/mol. The molecule has 128 valence electrons. The van der Waals surface area contributed by atoms with Crippen molar-refractivity contribution in [3.8, 4) is 0 Å². The minimum Gasteiger partial charge on any atom is -0.444 e. The van der Waals surface area contributed by atoms with Crippen LogP contribution in [-0.2, 0) is 0 Å². The third-order valence-electron chi connectivity index (χ3n) is 3.96. The number of amides is 3. The van der Waals surface area contributed by atoms with Crippen LogP contribution in [0.4, 0.5) is 11.4 Å². The molecule has 0 saturated heterocycles. The van der Waals surface area contributed by atoms with Crippen molar-refractivity contribution >= 4 is 45.0 Å². The molecule has 1 aromatic heterocycles. The molecule has 1 aliphatic heterocycles. The number of imide groups is 1. The Kier molecular flexibility index (Phi) is 3.93. The minimum atomic E-state index is -0.452. The second-order valence-corrected chi connectivity index (χ2v) is 6.38. The number of carbonyl (C=O) groups is 3. The Hall–Kier alpha value is -3.19. The smallest absolute Gasteiger partial charge is 0.291 e. The van der Waals surface area contributed by atoms with Crippen molar-refractivity contribution in [2.45, 2.75) is 0 Å². The first kappa shape index (κ1) is 16.3. The highest BCUT2D eigenvalue weighted by molar-refractivity contribution is 9.10. The molecule has 1 aliphatic rings. The zero-order valence-electron chi connectivity index (χ0n) is 13.2. The molecule has 0 aliphatic carbocycles. The molecule has 7 heteroatoms. The molecule has 3 amide bonds. The van der Waals surface area contributed by atoms with Gasteiger partial charge in [0.05, 0.1) is 16.8 Å². The zero-order chi connectivity index (χ0) is 18.3. The number of fused-ring (bicyclic) bond motifs is 1. The number of anilines is 2. The molecule has 0 saturated carbocycles. The SMILES string of the molecule is O=C(Nc1ccc2c(c1)C(=O)N(c1ccccc1)C2=O)c1ccc(Br)o1. The first-order valence-electron chi connectivity index (χ1n) is 7.69. The standard InChI is InChI=1S/C19H11BrN2O4/c20-16-9-8-15(26-16)17(23)21-11-6-7-13-14(10-11)19(25)22(18(13)24)12-4-2-1-3-5-12/h1-10H,(H,21,23). The Bertz CT molecular complexity index is 1040. The highest BCUT2D eigenvalue weighted by Gasteiger charge is 2.36. The molecule has 6 nitrogen and oxygen atoms in total. The molecule has 1 N–H and O–H groups in total. The van der Waals surface area contributed by atoms with Crippen molar-refractivity contribution in [3.05, 3.63) is 82.2 Å². The van der Waals surface area contributed by atoms with Gasteiger partial charge in [0.1, 0.15) is 0 Å². The molecule has 4 rings (SSSR count). The van der Waals surface area contributed by atoms with Gasteiger partial charge in [-0.3, -0.25) is 14.4 Å². The third kappa shape index (κ3) is 2.72. The monoisotopic (exact) mass is 410 g/mol. The van der Waals surface area contributed by atoms with Crippen LogP contribution in [0.3, 0.4) is 0 Å². The predicted octanol–water partition coefficient (Wildman–Crippen LogP) is 4.10. The Morgan fingerprint density at radius 1 is 0.923 bits per heavy atom. The van der Waals surface area contributed by atoms with E-state index in [1.54, 1.807) is 36.4 Å². The normalized spacial score (nSPS) is 13.0. The van der Waals surface area contributed by atoms with E-state index in [1.165, 1.54) is 18.2 Å². The summed E-state index contributed by atoms with van der Waals surface area (Å²) in [4.78, 5) is 38.5. The van der Waals surface area contributed by atoms with Gasteiger partial charge in [-0.25, -0.2) is 4.90 Å². The molecule has 0 bridgehead atoms. The van der Waals surface area contributed by atoms with Crippen LogP contribution in [-0.4, -0.2) is 17.7 Å². The second kappa shape index (κ2) is 6.27. The van der Waals surface area contributed by atoms with Gasteiger partial charge in [0.15, 0.2) is 10.4 Å². The molecule has 0 spiro atoms. The van der Waals surface area contributed by atoms with E-state index in [9.17, 15) is 14.4 Å². The number of para-hydroxylation sites is 1. The summed E-state index contributed by atoms with van der Waals surface area (Å²) in [6, 6.07) is 16.4. The average molecular weight is 411 g/mol. The van der Waals surface area contributed by atoms with E-state index in [0.29, 0.717) is 21.6 Å². The summed E-state index contributed by atoms with van der Waals surface area (Å²) in [5.41, 5.74) is 1.46. The molecule has 2 heterocycles. The summed E-state index contributed by atoms with van der Waals surface area (Å²) in [6.45, 7) is 0. The van der Waals surface area contributed by atoms with Gasteiger partial charge < -0.3 is 9.73 Å². The molecule has 2 aromatic carbocycles. The van der Waals surface area contributed by atoms with Crippen molar-refractivity contribution in [2.75, 3.05) is 10.2 Å². The minimum absolute atomic E-state index is 0.130. The average Bonchev–Trinajstić information content (AvgIpc) is 3.18. The molecule has 0 fully saturated rings. The van der Waals surface area contributed by atoms with E-state index in [-0.39, 0.29) is 17.2 Å². The molecular formula is C19H11BrN2O4. The summed E-state index contributed by atoms with van der Waals surface area (Å²) in [5, 5.41) is 2.66. The van der Waals surface area contributed by atoms with Gasteiger partial charge in [-0.05, 0) is 58.4 Å². The van der Waals surface area contributed by atoms with E-state index >= 15 is 0 Å². The van der Waals surface area contributed by atoms with Crippen LogP contribution in [0.25, 0.3) is 0 Å². The van der Waals surface area contributed by atoms with E-state index < -0.39 is 11.8 Å². The first-order chi connectivity index (χ1) is 12.5. The van der Waals surface area contributed by atoms with Gasteiger partial charge in [0.2, 0.25) is 0 Å². The summed E-state index contributed by atoms with van der Waals surface area (Å²) in [6.07, 6.45) is 0. The van der Waals surface area contributed by atoms with Gasteiger partial charge in [-0.1, -0.05) is 18.2 Å². The van der Waals surface area contributed by atoms with Gasteiger partial charge in [0, 0.05) is 5.69 Å². The number of hydrogen-bond acceptors (Lipinski definition) is 4. The number of carbonyl (C=O) groups excluding carboxylic acids is 3. The zero-order valence-corrected chi connectivity index (χ0v) is 14.8. The number of nitrogens with one attached hydrogen (secondary N) is 1. The summed E-state index contributed by atoms with van der Waals surface area (Å²) in [7, 11) is 0. The van der Waals surface area contributed by atoms with Crippen LogP contribution < -0.4 is 10.2 Å². The van der Waals surface area contributed by atoms with Gasteiger partial charge in [-0.15, -0.1) is 0 Å². The van der Waals surface area contributed by atoms with Crippen molar-refractivity contribution in [2.24, 2.45) is 0 Å². The Labute approximate surface area is 156 Å². The second-order valence-electron chi connectivity index (χ2n) is 5.60. The third-order valence-corrected chi connectivity index (χ3v) is 4.38. The topological polar surface area (TPSA) is 79.6 Å². The molecule has 3 aromatic rings. The van der Waals surface area contributed by atoms with E-state index in [4.69, 9.17) is 4.42 Å². The van der Waals surface area contributed by atoms with E-state index in [1.807, 2.05) is 6.07 Å². The van der Waals surface area contributed by atoms with Crippen LogP contribution in [0.1, 0.15) is 31.3 Å². The van der Waals surface area contributed by atoms with Gasteiger partial charge in [0.25, 0.3) is 17.7 Å². The lowest BCUT2D eigenvalue weighted by atomic mass is 10.1. The lowest BCUT2D eigenvalue weighted by Crippen LogP contribution is -2.29. The molecule has 0 unspecified atom stereocenters. The van der Waals surface area contributed by atoms with Crippen molar-refractivity contribution < 1.29 is 18.8 Å². The number of benzene rings is 2. The number of hydrogen-bond donors (Lipinski definition) is 1. The number of halogens is 1. The highest BCUT2D eigenvalue weighted by Crippen LogP contribution is 2.30. The molecule has 0 atom stereocenters. The van der Waals surface area contributed by atoms with Crippen molar-refractivity contribution in [1.82, 2.24) is 0 Å². The molecule has 26 heavy (non-hydrogen) atoms. The lowest BCUT2D eigenvalue weighted by molar-refractivity contribution is 0.0924. The maximum atomic E-state index is 12.7. The van der Waals surface area contributed by atoms with Crippen LogP contribution in [0.15, 0.2) is 69.8 Å². The van der Waals surface area contributed by atoms with Crippen LogP contribution >= 0.6 is 15.9 Å². The number of nitrogens with zero attached hydrogens (tertiary/aromatic N) is 1. The summed E-state index contributed by atoms with van der Waals surface area (Å²) >= 11 is 3.14. The fourth-order valence-corrected chi connectivity index (χ4v) is 3.07. The maximum Gasteiger partial charge on any atom is 0.291 e. The van der Waals surface area contributed by atoms with Crippen LogP contribution in [0.2, 0.25) is 0 Å². The first-order valence-corrected chi connectivity index (χ1v) is 8.48. The highest BCUT2D eigenvalue weighted by atomic mass is 79.9. The Morgan fingerprint density at radius 2 is 1.65 bits per heavy atom. The quantitative estimate of drug-likeness (QED) is 0.659. The predicted molar refractivity (Wildman–Crippen MR) is 98.4 cm³/mol. The summed E-state index contributed by atoms with van der Waals surface area (Å²) < 4.78 is 5.64. The number of furan rings is 1. The summed E-state index contributed by atoms with van der Waals surface area (Å²) in [5.74, 6) is -1.13. The van der Waals surface area contributed by atoms with E-state index in [0.717, 1.165) is 4.90 Å². The van der Waals surface area contributed by atoms with Crippen LogP contribution in [0, 0.1) is 0 Å². The lowest BCUT2D eigenvalue weighted by Gasteiger charge is -2.13. The Balaban J connectivity index is 1.63. The Morgan fingerprint density at radius 3 is 2.35 bits per heavy atom. The van der Waals surface area contributed by atoms with Crippen molar-refractivity contribution in [3.63, 3.8) is 0 Å². The maximum absolute atomic E-state index is 12.7. The number of rotatable bonds is 3. The fourth-order valence-electron chi connectivity index (χ4n) is 2.76. The van der Waals surface area contributed by atoms with Crippen molar-refractivity contribution in [1.29, 1.82) is 0 Å². The van der Waals surface area contributed by atoms with Crippen LogP contribution in [0.5, 0.6) is 0 Å². The largest absolute Gasteiger partial charge is 0.444 e. The van der Waals surface area contributed by atoms with E-state index in [2.05, 4.69) is 21.2 Å². The molecule has 0 radical (unpaired) electrons. The van der Waals surface area contributed by atoms with Gasteiger partial charge >= 0.3 is 0 Å². The fraction of sp³-hybridized carbons (Fsp3) is 0.